The molecule has 0 aromatic heterocycles. The second kappa shape index (κ2) is 10.6. The van der Waals surface area contributed by atoms with Crippen LogP contribution in [0.2, 0.25) is 0 Å². The average molecular weight is 517 g/mol. The fraction of sp³-hybridized carbons (Fsp3) is 0.606. The maximum absolute atomic E-state index is 12.8. The first-order chi connectivity index (χ1) is 18.5. The predicted molar refractivity (Wildman–Crippen MR) is 153 cm³/mol. The second-order valence-electron chi connectivity index (χ2n) is 12.7. The van der Waals surface area contributed by atoms with E-state index in [1.807, 2.05) is 18.2 Å². The number of aliphatic hydroxyl groups is 1. The van der Waals surface area contributed by atoms with Crippen molar-refractivity contribution in [3.8, 4) is 5.75 Å². The van der Waals surface area contributed by atoms with Gasteiger partial charge in [-0.1, -0.05) is 32.8 Å². The summed E-state index contributed by atoms with van der Waals surface area (Å²) in [6.07, 6.45) is 11.0. The molecular weight excluding hydrogens is 472 g/mol. The second-order valence-corrected chi connectivity index (χ2v) is 12.7. The van der Waals surface area contributed by atoms with E-state index >= 15 is 0 Å². The molecule has 1 aliphatic heterocycles. The highest BCUT2D eigenvalue weighted by Gasteiger charge is 2.56. The molecule has 0 radical (unpaired) electrons. The molecule has 204 valence electrons. The van der Waals surface area contributed by atoms with Crippen molar-refractivity contribution in [2.24, 2.45) is 23.2 Å². The maximum atomic E-state index is 12.8. The summed E-state index contributed by atoms with van der Waals surface area (Å²) in [7, 11) is 0. The lowest BCUT2D eigenvalue weighted by Crippen LogP contribution is -2.47. The summed E-state index contributed by atoms with van der Waals surface area (Å²) in [5.41, 5.74) is 4.85. The summed E-state index contributed by atoms with van der Waals surface area (Å²) in [6.45, 7) is 6.85. The number of ether oxygens (including phenoxy) is 1. The highest BCUT2D eigenvalue weighted by atomic mass is 16.6. The Labute approximate surface area is 228 Å². The molecule has 4 aliphatic rings. The first-order valence-electron chi connectivity index (χ1n) is 15.1. The van der Waals surface area contributed by atoms with Crippen LogP contribution in [-0.4, -0.2) is 30.4 Å². The van der Waals surface area contributed by atoms with Gasteiger partial charge in [-0.2, -0.15) is 0 Å². The number of piperidine rings is 1. The summed E-state index contributed by atoms with van der Waals surface area (Å²) in [6, 6.07) is 14.4. The highest BCUT2D eigenvalue weighted by molar-refractivity contribution is 5.86. The number of hydrogen-bond donors (Lipinski definition) is 2. The van der Waals surface area contributed by atoms with Crippen LogP contribution < -0.4 is 15.0 Å². The molecule has 6 rings (SSSR count). The number of nitrogens with one attached hydrogen (secondary N) is 1. The van der Waals surface area contributed by atoms with Crippen LogP contribution >= 0.6 is 0 Å². The minimum Gasteiger partial charge on any atom is -0.410 e. The van der Waals surface area contributed by atoms with Gasteiger partial charge in [-0.05, 0) is 128 Å². The Bertz CT molecular complexity index is 1140. The first kappa shape index (κ1) is 25.7. The zero-order valence-corrected chi connectivity index (χ0v) is 23.1. The topological polar surface area (TPSA) is 61.8 Å². The Balaban J connectivity index is 1.15. The lowest BCUT2D eigenvalue weighted by atomic mass is 9.52. The fourth-order valence-electron chi connectivity index (χ4n) is 8.61. The summed E-state index contributed by atoms with van der Waals surface area (Å²) in [4.78, 5) is 15.2. The SMILES string of the molecule is CCC[C@@H]1Cc2cc(OC(=O)Nc3ccc(N4CCCCC4)cc3)ccc2[C@H]2CC[C@]3(C)[C@@H](O)CC[C@H]3[C@H]12. The number of nitrogens with zero attached hydrogens (tertiary/aromatic N) is 1. The smallest absolute Gasteiger partial charge is 0.410 e. The van der Waals surface area contributed by atoms with Crippen LogP contribution in [0.4, 0.5) is 16.2 Å². The standard InChI is InChI=1S/C33H44N2O3/c1-3-7-22-20-23-21-26(12-13-27(23)28-16-17-33(2)29(31(22)28)14-15-30(33)36)38-32(37)34-24-8-10-25(11-9-24)35-18-5-4-6-19-35/h8-13,21-22,28-31,36H,3-7,14-20H2,1-2H3,(H,34,37)/t22-,28-,29+,30+,31-,33+/m1/s1. The molecule has 38 heavy (non-hydrogen) atoms. The number of benzene rings is 2. The molecule has 2 saturated carbocycles. The molecule has 5 nitrogen and oxygen atoms in total. The molecular formula is C33H44N2O3. The van der Waals surface area contributed by atoms with Gasteiger partial charge in [0, 0.05) is 24.5 Å². The molecule has 0 unspecified atom stereocenters. The summed E-state index contributed by atoms with van der Waals surface area (Å²) >= 11 is 0. The number of aliphatic hydroxyl groups excluding tert-OH is 1. The summed E-state index contributed by atoms with van der Waals surface area (Å²) in [5.74, 6) is 3.08. The lowest BCUT2D eigenvalue weighted by Gasteiger charge is -2.53. The molecule has 3 aliphatic carbocycles. The Morgan fingerprint density at radius 3 is 2.63 bits per heavy atom. The number of amides is 1. The van der Waals surface area contributed by atoms with E-state index in [0.29, 0.717) is 29.4 Å². The summed E-state index contributed by atoms with van der Waals surface area (Å²) < 4.78 is 5.77. The van der Waals surface area contributed by atoms with Gasteiger partial charge in [0.1, 0.15) is 5.75 Å². The fourth-order valence-corrected chi connectivity index (χ4v) is 8.61. The van der Waals surface area contributed by atoms with Crippen molar-refractivity contribution in [3.63, 3.8) is 0 Å². The number of fused-ring (bicyclic) bond motifs is 5. The molecule has 2 N–H and O–H groups in total. The minimum atomic E-state index is -0.442. The molecule has 0 bridgehead atoms. The lowest BCUT2D eigenvalue weighted by molar-refractivity contribution is -0.0394. The van der Waals surface area contributed by atoms with Gasteiger partial charge < -0.3 is 14.7 Å². The zero-order valence-electron chi connectivity index (χ0n) is 23.1. The highest BCUT2D eigenvalue weighted by Crippen LogP contribution is 2.62. The van der Waals surface area contributed by atoms with Gasteiger partial charge in [0.05, 0.1) is 6.10 Å². The van der Waals surface area contributed by atoms with Gasteiger partial charge in [-0.3, -0.25) is 5.32 Å². The van der Waals surface area contributed by atoms with Gasteiger partial charge in [0.2, 0.25) is 0 Å². The molecule has 2 aromatic rings. The van der Waals surface area contributed by atoms with Crippen LogP contribution in [0.15, 0.2) is 42.5 Å². The van der Waals surface area contributed by atoms with Crippen LogP contribution in [0.1, 0.15) is 88.7 Å². The van der Waals surface area contributed by atoms with Crippen LogP contribution in [0.5, 0.6) is 5.75 Å². The number of anilines is 2. The van der Waals surface area contributed by atoms with Gasteiger partial charge in [0.15, 0.2) is 0 Å². The number of rotatable bonds is 5. The van der Waals surface area contributed by atoms with Crippen molar-refractivity contribution in [2.45, 2.75) is 90.1 Å². The Morgan fingerprint density at radius 1 is 1.08 bits per heavy atom. The van der Waals surface area contributed by atoms with E-state index in [9.17, 15) is 9.90 Å². The van der Waals surface area contributed by atoms with E-state index in [-0.39, 0.29) is 11.5 Å². The van der Waals surface area contributed by atoms with Crippen molar-refractivity contribution in [3.05, 3.63) is 53.6 Å². The van der Waals surface area contributed by atoms with Crippen molar-refractivity contribution < 1.29 is 14.6 Å². The van der Waals surface area contributed by atoms with Crippen LogP contribution in [-0.2, 0) is 6.42 Å². The first-order valence-corrected chi connectivity index (χ1v) is 15.1. The van der Waals surface area contributed by atoms with E-state index in [1.54, 1.807) is 0 Å². The van der Waals surface area contributed by atoms with E-state index in [2.05, 4.69) is 48.3 Å². The Hall–Kier alpha value is -2.53. The van der Waals surface area contributed by atoms with Gasteiger partial charge in [-0.15, -0.1) is 0 Å². The Morgan fingerprint density at radius 2 is 1.87 bits per heavy atom. The van der Waals surface area contributed by atoms with E-state index in [0.717, 1.165) is 50.9 Å². The summed E-state index contributed by atoms with van der Waals surface area (Å²) in [5, 5.41) is 13.7. The van der Waals surface area contributed by atoms with Crippen molar-refractivity contribution in [2.75, 3.05) is 23.3 Å². The van der Waals surface area contributed by atoms with E-state index in [4.69, 9.17) is 4.74 Å². The number of carbonyl (C=O) groups is 1. The predicted octanol–water partition coefficient (Wildman–Crippen LogP) is 7.53. The zero-order chi connectivity index (χ0) is 26.3. The Kier molecular flexibility index (Phi) is 7.15. The van der Waals surface area contributed by atoms with Crippen molar-refractivity contribution in [1.29, 1.82) is 0 Å². The number of carbonyl (C=O) groups excluding carboxylic acids is 1. The van der Waals surface area contributed by atoms with Gasteiger partial charge >= 0.3 is 6.09 Å². The molecule has 1 heterocycles. The largest absolute Gasteiger partial charge is 0.417 e. The molecule has 2 aromatic carbocycles. The maximum Gasteiger partial charge on any atom is 0.417 e. The van der Waals surface area contributed by atoms with E-state index in [1.165, 1.54) is 48.9 Å². The minimum absolute atomic E-state index is 0.0811. The number of hydrogen-bond acceptors (Lipinski definition) is 4. The molecule has 1 amide bonds. The third kappa shape index (κ3) is 4.72. The van der Waals surface area contributed by atoms with Crippen LogP contribution in [0.25, 0.3) is 0 Å². The van der Waals surface area contributed by atoms with Gasteiger partial charge in [0.25, 0.3) is 0 Å². The van der Waals surface area contributed by atoms with Crippen molar-refractivity contribution >= 4 is 17.5 Å². The normalized spacial score (nSPS) is 32.2. The van der Waals surface area contributed by atoms with Crippen molar-refractivity contribution in [1.82, 2.24) is 0 Å². The molecule has 1 saturated heterocycles. The molecule has 3 fully saturated rings. The van der Waals surface area contributed by atoms with Gasteiger partial charge in [-0.25, -0.2) is 4.79 Å². The molecule has 6 atom stereocenters. The quantitative estimate of drug-likeness (QED) is 0.431. The van der Waals surface area contributed by atoms with Crippen LogP contribution in [0.3, 0.4) is 0 Å². The third-order valence-electron chi connectivity index (χ3n) is 10.5. The van der Waals surface area contributed by atoms with Crippen LogP contribution in [0, 0.1) is 23.2 Å². The molecule has 0 spiro atoms. The van der Waals surface area contributed by atoms with E-state index < -0.39 is 6.09 Å². The third-order valence-corrected chi connectivity index (χ3v) is 10.5. The average Bonchev–Trinajstić information content (AvgIpc) is 3.23. The monoisotopic (exact) mass is 516 g/mol. The molecule has 5 heteroatoms.